The fourth-order valence-electron chi connectivity index (χ4n) is 3.45. The van der Waals surface area contributed by atoms with Crippen LogP contribution < -0.4 is 4.74 Å². The summed E-state index contributed by atoms with van der Waals surface area (Å²) in [5.74, 6) is 0.575. The number of amidine groups is 1. The van der Waals surface area contributed by atoms with Gasteiger partial charge in [0.05, 0.1) is 30.4 Å². The number of hydrogen-bond acceptors (Lipinski definition) is 6. The molecule has 2 saturated heterocycles. The molecule has 0 aliphatic carbocycles. The van der Waals surface area contributed by atoms with Crippen LogP contribution in [0.25, 0.3) is 6.08 Å². The van der Waals surface area contributed by atoms with Crippen molar-refractivity contribution in [2.45, 2.75) is 6.92 Å². The summed E-state index contributed by atoms with van der Waals surface area (Å²) in [6.45, 7) is 4.75. The number of rotatable bonds is 5. The minimum atomic E-state index is -0.124. The van der Waals surface area contributed by atoms with Crippen molar-refractivity contribution in [2.75, 3.05) is 40.0 Å². The first kappa shape index (κ1) is 22.1. The number of hydrogen-bond donors (Lipinski definition) is 0. The molecule has 2 fully saturated rings. The molecule has 8 heteroatoms. The van der Waals surface area contributed by atoms with Gasteiger partial charge >= 0.3 is 0 Å². The molecule has 0 aromatic heterocycles. The highest BCUT2D eigenvalue weighted by Gasteiger charge is 2.30. The second kappa shape index (κ2) is 10.0. The Morgan fingerprint density at radius 1 is 1.19 bits per heavy atom. The third kappa shape index (κ3) is 4.87. The molecule has 7 nitrogen and oxygen atoms in total. The molecule has 32 heavy (non-hydrogen) atoms. The van der Waals surface area contributed by atoms with Gasteiger partial charge in [0.2, 0.25) is 0 Å². The van der Waals surface area contributed by atoms with E-state index in [4.69, 9.17) is 9.47 Å². The maximum atomic E-state index is 12.8. The van der Waals surface area contributed by atoms with E-state index < -0.39 is 0 Å². The summed E-state index contributed by atoms with van der Waals surface area (Å²) in [5.41, 5.74) is 2.05. The molecule has 0 N–H and O–H groups in total. The summed E-state index contributed by atoms with van der Waals surface area (Å²) in [6.07, 6.45) is 1.83. The number of ether oxygens (including phenoxy) is 2. The van der Waals surface area contributed by atoms with Gasteiger partial charge in [0, 0.05) is 31.3 Å². The van der Waals surface area contributed by atoms with E-state index in [0.717, 1.165) is 11.3 Å². The second-order valence-electron chi connectivity index (χ2n) is 7.29. The van der Waals surface area contributed by atoms with Crippen LogP contribution in [0.1, 0.15) is 22.8 Å². The SMILES string of the molecule is CCOc1ccccc1/C=C1/SC(=Nc2cccc(C(=O)N3CCOCC3)c2)N(C)C1=O. The molecule has 166 valence electrons. The minimum Gasteiger partial charge on any atom is -0.493 e. The molecule has 0 radical (unpaired) electrons. The number of thioether (sulfide) groups is 1. The van der Waals surface area contributed by atoms with Gasteiger partial charge in [-0.25, -0.2) is 4.99 Å². The zero-order valence-electron chi connectivity index (χ0n) is 18.1. The number of amides is 2. The molecule has 4 rings (SSSR count). The monoisotopic (exact) mass is 451 g/mol. The van der Waals surface area contributed by atoms with Crippen LogP contribution in [-0.4, -0.2) is 66.7 Å². The molecule has 2 aliphatic heterocycles. The number of nitrogens with zero attached hydrogens (tertiary/aromatic N) is 3. The summed E-state index contributed by atoms with van der Waals surface area (Å²) in [4.78, 5) is 34.1. The molecule has 2 aliphatic rings. The Morgan fingerprint density at radius 3 is 2.75 bits per heavy atom. The number of benzene rings is 2. The van der Waals surface area contributed by atoms with Crippen LogP contribution >= 0.6 is 11.8 Å². The summed E-state index contributed by atoms with van der Waals surface area (Å²) >= 11 is 1.31. The van der Waals surface area contributed by atoms with Crippen LogP contribution in [0.2, 0.25) is 0 Å². The maximum Gasteiger partial charge on any atom is 0.266 e. The predicted octanol–water partition coefficient (Wildman–Crippen LogP) is 3.79. The van der Waals surface area contributed by atoms with Crippen LogP contribution in [0, 0.1) is 0 Å². The predicted molar refractivity (Wildman–Crippen MR) is 126 cm³/mol. The molecular weight excluding hydrogens is 426 g/mol. The average molecular weight is 452 g/mol. The van der Waals surface area contributed by atoms with E-state index in [1.54, 1.807) is 24.1 Å². The highest BCUT2D eigenvalue weighted by molar-refractivity contribution is 8.18. The van der Waals surface area contributed by atoms with E-state index in [1.165, 1.54) is 16.7 Å². The molecular formula is C24H25N3O4S. The van der Waals surface area contributed by atoms with Gasteiger partial charge in [-0.1, -0.05) is 24.3 Å². The highest BCUT2D eigenvalue weighted by atomic mass is 32.2. The summed E-state index contributed by atoms with van der Waals surface area (Å²) in [7, 11) is 1.70. The quantitative estimate of drug-likeness (QED) is 0.647. The first-order chi connectivity index (χ1) is 15.6. The largest absolute Gasteiger partial charge is 0.493 e. The zero-order valence-corrected chi connectivity index (χ0v) is 18.9. The lowest BCUT2D eigenvalue weighted by molar-refractivity contribution is -0.121. The van der Waals surface area contributed by atoms with Gasteiger partial charge in [-0.15, -0.1) is 0 Å². The van der Waals surface area contributed by atoms with Gasteiger partial charge in [-0.05, 0) is 49.0 Å². The van der Waals surface area contributed by atoms with Crippen molar-refractivity contribution in [3.63, 3.8) is 0 Å². The van der Waals surface area contributed by atoms with Crippen molar-refractivity contribution in [1.82, 2.24) is 9.80 Å². The number of likely N-dealkylation sites (N-methyl/N-ethyl adjacent to an activating group) is 1. The van der Waals surface area contributed by atoms with Gasteiger partial charge in [-0.2, -0.15) is 0 Å². The molecule has 2 aromatic carbocycles. The summed E-state index contributed by atoms with van der Waals surface area (Å²) < 4.78 is 11.0. The number of carbonyl (C=O) groups is 2. The molecule has 0 bridgehead atoms. The van der Waals surface area contributed by atoms with Crippen molar-refractivity contribution in [3.05, 3.63) is 64.6 Å². The Kier molecular flexibility index (Phi) is 6.92. The van der Waals surface area contributed by atoms with E-state index in [2.05, 4.69) is 4.99 Å². The molecule has 2 aromatic rings. The smallest absolute Gasteiger partial charge is 0.266 e. The Morgan fingerprint density at radius 2 is 1.97 bits per heavy atom. The van der Waals surface area contributed by atoms with Crippen molar-refractivity contribution in [3.8, 4) is 5.75 Å². The van der Waals surface area contributed by atoms with Gasteiger partial charge in [-0.3, -0.25) is 14.5 Å². The third-order valence-electron chi connectivity index (χ3n) is 5.13. The minimum absolute atomic E-state index is 0.0352. The lowest BCUT2D eigenvalue weighted by atomic mass is 10.1. The Balaban J connectivity index is 1.56. The molecule has 0 atom stereocenters. The second-order valence-corrected chi connectivity index (χ2v) is 8.30. The third-order valence-corrected chi connectivity index (χ3v) is 6.19. The van der Waals surface area contributed by atoms with E-state index in [-0.39, 0.29) is 11.8 Å². The Hall–Kier alpha value is -3.10. The van der Waals surface area contributed by atoms with Gasteiger partial charge < -0.3 is 14.4 Å². The standard InChI is InChI=1S/C24H25N3O4S/c1-3-31-20-10-5-4-7-17(20)16-21-23(29)26(2)24(32-21)25-19-9-6-8-18(15-19)22(28)27-11-13-30-14-12-27/h4-10,15-16H,3,11-14H2,1-2H3/b21-16+,25-24?. The Bertz CT molecular complexity index is 1080. The fourth-order valence-corrected chi connectivity index (χ4v) is 4.43. The van der Waals surface area contributed by atoms with Gasteiger partial charge in [0.15, 0.2) is 5.17 Å². The first-order valence-corrected chi connectivity index (χ1v) is 11.3. The molecule has 0 saturated carbocycles. The van der Waals surface area contributed by atoms with Crippen molar-refractivity contribution in [1.29, 1.82) is 0 Å². The molecule has 0 spiro atoms. The lowest BCUT2D eigenvalue weighted by Gasteiger charge is -2.26. The van der Waals surface area contributed by atoms with Crippen LogP contribution in [0.4, 0.5) is 5.69 Å². The van der Waals surface area contributed by atoms with Gasteiger partial charge in [0.1, 0.15) is 5.75 Å². The molecule has 2 heterocycles. The van der Waals surface area contributed by atoms with Crippen LogP contribution in [-0.2, 0) is 9.53 Å². The van der Waals surface area contributed by atoms with Crippen LogP contribution in [0.15, 0.2) is 58.4 Å². The topological polar surface area (TPSA) is 71.4 Å². The Labute approximate surface area is 191 Å². The fraction of sp³-hybridized carbons (Fsp3) is 0.292. The van der Waals surface area contributed by atoms with Crippen molar-refractivity contribution >= 4 is 40.5 Å². The highest BCUT2D eigenvalue weighted by Crippen LogP contribution is 2.34. The van der Waals surface area contributed by atoms with E-state index >= 15 is 0 Å². The van der Waals surface area contributed by atoms with Crippen molar-refractivity contribution in [2.24, 2.45) is 4.99 Å². The van der Waals surface area contributed by atoms with Crippen LogP contribution in [0.3, 0.4) is 0 Å². The maximum absolute atomic E-state index is 12.8. The van der Waals surface area contributed by atoms with E-state index in [1.807, 2.05) is 49.4 Å². The number of para-hydroxylation sites is 1. The van der Waals surface area contributed by atoms with Gasteiger partial charge in [0.25, 0.3) is 11.8 Å². The number of morpholine rings is 1. The molecule has 2 amide bonds. The normalized spacial score (nSPS) is 19.1. The van der Waals surface area contributed by atoms with E-state index in [9.17, 15) is 9.59 Å². The lowest BCUT2D eigenvalue weighted by Crippen LogP contribution is -2.40. The number of carbonyl (C=O) groups excluding carboxylic acids is 2. The van der Waals surface area contributed by atoms with E-state index in [0.29, 0.717) is 54.2 Å². The molecule has 0 unspecified atom stereocenters. The first-order valence-electron chi connectivity index (χ1n) is 10.5. The number of aliphatic imine (C=N–C) groups is 1. The van der Waals surface area contributed by atoms with Crippen molar-refractivity contribution < 1.29 is 19.1 Å². The average Bonchev–Trinajstić information content (AvgIpc) is 3.08. The summed E-state index contributed by atoms with van der Waals surface area (Å²) in [6, 6.07) is 14.8. The summed E-state index contributed by atoms with van der Waals surface area (Å²) in [5, 5.41) is 0.561. The zero-order chi connectivity index (χ0) is 22.5. The van der Waals surface area contributed by atoms with Crippen LogP contribution in [0.5, 0.6) is 5.75 Å².